The first-order valence-corrected chi connectivity index (χ1v) is 10.1. The number of carbonyl (C=O) groups is 1. The lowest BCUT2D eigenvalue weighted by molar-refractivity contribution is 0.102. The molecule has 0 spiro atoms. The van der Waals surface area contributed by atoms with Crippen LogP contribution in [-0.2, 0) is 13.6 Å². The lowest BCUT2D eigenvalue weighted by Crippen LogP contribution is -2.22. The maximum absolute atomic E-state index is 12.7. The second-order valence-electron chi connectivity index (χ2n) is 8.36. The van der Waals surface area contributed by atoms with E-state index in [4.69, 9.17) is 4.98 Å². The topological polar surface area (TPSA) is 78.8 Å². The smallest absolute Gasteiger partial charge is 0.255 e. The summed E-state index contributed by atoms with van der Waals surface area (Å²) in [6.45, 7) is 3.27. The summed E-state index contributed by atoms with van der Waals surface area (Å²) in [5, 5.41) is 8.17. The molecule has 2 fully saturated rings. The zero-order valence-electron chi connectivity index (χ0n) is 16.2. The van der Waals surface area contributed by atoms with Crippen LogP contribution in [0.2, 0.25) is 0 Å². The SMILES string of the molecule is Cn1ncc2cc(C(=O)Nc3ccc4nc(CN5CC6CC6C5)[nH]c4c3)ccc21. The molecule has 2 N–H and O–H groups in total. The Hall–Kier alpha value is -3.19. The monoisotopic (exact) mass is 386 g/mol. The molecule has 2 aromatic carbocycles. The Morgan fingerprint density at radius 2 is 2.07 bits per heavy atom. The van der Waals surface area contributed by atoms with Gasteiger partial charge in [-0.2, -0.15) is 5.10 Å². The number of amides is 1. The van der Waals surface area contributed by atoms with Crippen LogP contribution < -0.4 is 5.32 Å². The van der Waals surface area contributed by atoms with Gasteiger partial charge in [0.1, 0.15) is 5.82 Å². The summed E-state index contributed by atoms with van der Waals surface area (Å²) in [5.41, 5.74) is 4.25. The van der Waals surface area contributed by atoms with Crippen molar-refractivity contribution in [3.05, 3.63) is 54.0 Å². The number of hydrogen-bond donors (Lipinski definition) is 2. The van der Waals surface area contributed by atoms with E-state index in [1.165, 1.54) is 19.5 Å². The van der Waals surface area contributed by atoms with E-state index in [2.05, 4.69) is 20.3 Å². The van der Waals surface area contributed by atoms with Crippen LogP contribution in [0.4, 0.5) is 5.69 Å². The number of rotatable bonds is 4. The van der Waals surface area contributed by atoms with Gasteiger partial charge >= 0.3 is 0 Å². The molecule has 29 heavy (non-hydrogen) atoms. The van der Waals surface area contributed by atoms with E-state index in [1.807, 2.05) is 43.4 Å². The summed E-state index contributed by atoms with van der Waals surface area (Å²) in [4.78, 5) is 23.3. The molecule has 2 unspecified atom stereocenters. The molecule has 7 nitrogen and oxygen atoms in total. The lowest BCUT2D eigenvalue weighted by atomic mass is 10.1. The van der Waals surface area contributed by atoms with Crippen LogP contribution in [0.25, 0.3) is 21.9 Å². The van der Waals surface area contributed by atoms with Crippen molar-refractivity contribution in [2.45, 2.75) is 13.0 Å². The van der Waals surface area contributed by atoms with Crippen molar-refractivity contribution in [1.29, 1.82) is 0 Å². The first kappa shape index (κ1) is 16.7. The highest BCUT2D eigenvalue weighted by molar-refractivity contribution is 6.06. The number of nitrogens with one attached hydrogen (secondary N) is 2. The van der Waals surface area contributed by atoms with Crippen LogP contribution >= 0.6 is 0 Å². The molecule has 2 aromatic heterocycles. The maximum Gasteiger partial charge on any atom is 0.255 e. The normalized spacial score (nSPS) is 21.0. The molecule has 3 heterocycles. The molecule has 1 saturated carbocycles. The highest BCUT2D eigenvalue weighted by Crippen LogP contribution is 2.45. The minimum absolute atomic E-state index is 0.133. The summed E-state index contributed by atoms with van der Waals surface area (Å²) in [6.07, 6.45) is 3.18. The van der Waals surface area contributed by atoms with Crippen LogP contribution in [0, 0.1) is 11.8 Å². The van der Waals surface area contributed by atoms with Crippen molar-refractivity contribution in [2.24, 2.45) is 18.9 Å². The number of hydrogen-bond acceptors (Lipinski definition) is 4. The molecule has 1 aliphatic heterocycles. The Bertz CT molecular complexity index is 1240. The van der Waals surface area contributed by atoms with Crippen LogP contribution in [0.5, 0.6) is 0 Å². The molecule has 0 radical (unpaired) electrons. The van der Waals surface area contributed by atoms with Gasteiger partial charge in [0.2, 0.25) is 0 Å². The molecule has 0 bridgehead atoms. The maximum atomic E-state index is 12.7. The molecule has 1 saturated heterocycles. The van der Waals surface area contributed by atoms with E-state index >= 15 is 0 Å². The lowest BCUT2D eigenvalue weighted by Gasteiger charge is -2.14. The number of anilines is 1. The van der Waals surface area contributed by atoms with Crippen LogP contribution in [0.3, 0.4) is 0 Å². The van der Waals surface area contributed by atoms with Crippen molar-refractivity contribution in [1.82, 2.24) is 24.6 Å². The summed E-state index contributed by atoms with van der Waals surface area (Å²) < 4.78 is 1.80. The predicted octanol–water partition coefficient (Wildman–Crippen LogP) is 3.15. The van der Waals surface area contributed by atoms with Gasteiger partial charge in [-0.1, -0.05) is 0 Å². The largest absolute Gasteiger partial charge is 0.341 e. The summed E-state index contributed by atoms with van der Waals surface area (Å²) in [5.74, 6) is 2.71. The number of imidazole rings is 1. The minimum Gasteiger partial charge on any atom is -0.341 e. The van der Waals surface area contributed by atoms with Gasteiger partial charge in [-0.15, -0.1) is 0 Å². The van der Waals surface area contributed by atoms with Crippen LogP contribution in [0.15, 0.2) is 42.6 Å². The number of aromatic amines is 1. The van der Waals surface area contributed by atoms with Crippen molar-refractivity contribution in [3.8, 4) is 0 Å². The number of benzene rings is 2. The van der Waals surface area contributed by atoms with Gasteiger partial charge in [0.05, 0.1) is 29.3 Å². The Kier molecular flexibility index (Phi) is 3.55. The number of fused-ring (bicyclic) bond motifs is 3. The highest BCUT2D eigenvalue weighted by Gasteiger charge is 2.44. The van der Waals surface area contributed by atoms with Crippen molar-refractivity contribution < 1.29 is 4.79 Å². The Balaban J connectivity index is 1.20. The van der Waals surface area contributed by atoms with Gasteiger partial charge < -0.3 is 10.3 Å². The Labute approximate surface area is 167 Å². The molecule has 1 aliphatic carbocycles. The predicted molar refractivity (Wildman–Crippen MR) is 112 cm³/mol. The van der Waals surface area contributed by atoms with Gasteiger partial charge in [0, 0.05) is 36.8 Å². The number of piperidine rings is 1. The summed E-state index contributed by atoms with van der Waals surface area (Å²) in [6, 6.07) is 11.4. The fraction of sp³-hybridized carbons (Fsp3) is 0.318. The third kappa shape index (κ3) is 2.98. The molecule has 1 amide bonds. The van der Waals surface area contributed by atoms with Gasteiger partial charge in [-0.05, 0) is 54.7 Å². The summed E-state index contributed by atoms with van der Waals surface area (Å²) in [7, 11) is 1.89. The fourth-order valence-corrected chi connectivity index (χ4v) is 4.56. The quantitative estimate of drug-likeness (QED) is 0.565. The van der Waals surface area contributed by atoms with Crippen molar-refractivity contribution in [2.75, 3.05) is 18.4 Å². The third-order valence-corrected chi connectivity index (χ3v) is 6.22. The Morgan fingerprint density at radius 3 is 2.93 bits per heavy atom. The van der Waals surface area contributed by atoms with Gasteiger partial charge in [-0.3, -0.25) is 14.4 Å². The van der Waals surface area contributed by atoms with E-state index in [-0.39, 0.29) is 5.91 Å². The zero-order chi connectivity index (χ0) is 19.5. The molecule has 146 valence electrons. The number of H-pyrrole nitrogens is 1. The fourth-order valence-electron chi connectivity index (χ4n) is 4.56. The van der Waals surface area contributed by atoms with Crippen molar-refractivity contribution >= 4 is 33.5 Å². The van der Waals surface area contributed by atoms with Crippen molar-refractivity contribution in [3.63, 3.8) is 0 Å². The first-order chi connectivity index (χ1) is 14.1. The molecule has 7 heteroatoms. The number of aryl methyl sites for hydroxylation is 1. The van der Waals surface area contributed by atoms with E-state index in [1.54, 1.807) is 10.9 Å². The molecule has 4 aromatic rings. The number of aromatic nitrogens is 4. The number of nitrogens with zero attached hydrogens (tertiary/aromatic N) is 4. The minimum atomic E-state index is -0.133. The Morgan fingerprint density at radius 1 is 1.21 bits per heavy atom. The zero-order valence-corrected chi connectivity index (χ0v) is 16.2. The van der Waals surface area contributed by atoms with Gasteiger partial charge in [0.15, 0.2) is 0 Å². The average Bonchev–Trinajstić information content (AvgIpc) is 3.05. The first-order valence-electron chi connectivity index (χ1n) is 10.1. The molecular weight excluding hydrogens is 364 g/mol. The van der Waals surface area contributed by atoms with E-state index in [0.29, 0.717) is 5.56 Å². The van der Waals surface area contributed by atoms with Gasteiger partial charge in [0.25, 0.3) is 5.91 Å². The molecule has 2 atom stereocenters. The number of likely N-dealkylation sites (tertiary alicyclic amines) is 1. The van der Waals surface area contributed by atoms with E-state index < -0.39 is 0 Å². The van der Waals surface area contributed by atoms with Gasteiger partial charge in [-0.25, -0.2) is 4.98 Å². The molecule has 2 aliphatic rings. The molecular formula is C22H22N6O. The second-order valence-corrected chi connectivity index (χ2v) is 8.36. The van der Waals surface area contributed by atoms with Crippen LogP contribution in [0.1, 0.15) is 22.6 Å². The summed E-state index contributed by atoms with van der Waals surface area (Å²) >= 11 is 0. The van der Waals surface area contributed by atoms with E-state index in [9.17, 15) is 4.79 Å². The number of carbonyl (C=O) groups excluding carboxylic acids is 1. The highest BCUT2D eigenvalue weighted by atomic mass is 16.1. The van der Waals surface area contributed by atoms with E-state index in [0.717, 1.165) is 51.8 Å². The average molecular weight is 386 g/mol. The second kappa shape index (κ2) is 6.15. The standard InChI is InChI=1S/C22H22N6O/c1-27-20-5-2-13(6-14(20)9-23-27)22(29)24-17-3-4-18-19(8-17)26-21(25-18)12-28-10-15-7-16(15)11-28/h2-6,8-9,15-16H,7,10-12H2,1H3,(H,24,29)(H,25,26). The van der Waals surface area contributed by atoms with Crippen LogP contribution in [-0.4, -0.2) is 43.6 Å². The molecule has 6 rings (SSSR count). The third-order valence-electron chi connectivity index (χ3n) is 6.22.